The van der Waals surface area contributed by atoms with Crippen LogP contribution in [0.25, 0.3) is 76.7 Å². The van der Waals surface area contributed by atoms with Crippen LogP contribution in [-0.4, -0.2) is 19.0 Å². The van der Waals surface area contributed by atoms with Gasteiger partial charge in [0.05, 0.1) is 10.8 Å². The molecule has 5 aromatic carbocycles. The molecule has 8 heterocycles. The van der Waals surface area contributed by atoms with Gasteiger partial charge in [-0.1, -0.05) is 48.5 Å². The Morgan fingerprint density at radius 2 is 1.05 bits per heavy atom. The zero-order valence-electron chi connectivity index (χ0n) is 23.0. The van der Waals surface area contributed by atoms with Crippen molar-refractivity contribution in [3.63, 3.8) is 0 Å². The molecule has 7 heteroatoms. The molecule has 200 valence electrons. The number of para-hydroxylation sites is 4. The minimum Gasteiger partial charge on any atom is -0.456 e. The first-order valence-corrected chi connectivity index (χ1v) is 14.9. The first-order valence-electron chi connectivity index (χ1n) is 14.9. The van der Waals surface area contributed by atoms with Crippen LogP contribution in [0.2, 0.25) is 0 Å². The molecule has 0 bridgehead atoms. The molecule has 0 fully saturated rings. The minimum absolute atomic E-state index is 0.730. The van der Waals surface area contributed by atoms with Gasteiger partial charge in [-0.05, 0) is 48.5 Å². The summed E-state index contributed by atoms with van der Waals surface area (Å²) in [4.78, 5) is 0. The molecule has 3 aliphatic rings. The van der Waals surface area contributed by atoms with Crippen molar-refractivity contribution in [2.75, 3.05) is 0 Å². The molecule has 44 heavy (non-hydrogen) atoms. The van der Waals surface area contributed by atoms with Crippen molar-refractivity contribution in [2.24, 2.45) is 0 Å². The van der Waals surface area contributed by atoms with E-state index in [0.29, 0.717) is 0 Å². The third-order valence-electron chi connectivity index (χ3n) is 10.6. The first kappa shape index (κ1) is 20.7. The second-order valence-electron chi connectivity index (χ2n) is 12.3. The SMILES string of the molecule is c1ccc2c(c1)c1ccc3c4c1c1n2c2ccccc2[n+]1C41c2c(ccc4c5ccccc5n5c6cnncc6[n+]1c5c24)O3. The van der Waals surface area contributed by atoms with Gasteiger partial charge in [0, 0.05) is 21.5 Å². The van der Waals surface area contributed by atoms with Crippen LogP contribution < -0.4 is 13.9 Å². The lowest BCUT2D eigenvalue weighted by atomic mass is 9.85. The number of aromatic nitrogens is 6. The van der Waals surface area contributed by atoms with Crippen molar-refractivity contribution in [1.82, 2.24) is 19.0 Å². The quantitative estimate of drug-likeness (QED) is 0.157. The fraction of sp³-hybridized carbons (Fsp3) is 0.0270. The Morgan fingerprint density at radius 3 is 1.73 bits per heavy atom. The molecule has 1 atom stereocenters. The van der Waals surface area contributed by atoms with Gasteiger partial charge in [-0.15, -0.1) is 0 Å². The van der Waals surface area contributed by atoms with Gasteiger partial charge in [0.1, 0.15) is 46.1 Å². The molecule has 10 aromatic rings. The number of hydrogen-bond acceptors (Lipinski definition) is 3. The first-order chi connectivity index (χ1) is 21.9. The zero-order valence-corrected chi connectivity index (χ0v) is 23.0. The topological polar surface area (TPSA) is 51.6 Å². The highest BCUT2D eigenvalue weighted by Gasteiger charge is 2.67. The maximum Gasteiger partial charge on any atom is 0.316 e. The molecule has 0 saturated heterocycles. The van der Waals surface area contributed by atoms with E-state index in [4.69, 9.17) is 4.74 Å². The highest BCUT2D eigenvalue weighted by Crippen LogP contribution is 2.58. The van der Waals surface area contributed by atoms with Crippen LogP contribution in [0, 0.1) is 0 Å². The number of imidazole rings is 2. The van der Waals surface area contributed by atoms with Crippen LogP contribution in [0.1, 0.15) is 11.1 Å². The molecule has 0 saturated carbocycles. The highest BCUT2D eigenvalue weighted by molar-refractivity contribution is 6.19. The predicted octanol–water partition coefficient (Wildman–Crippen LogP) is 6.51. The summed E-state index contributed by atoms with van der Waals surface area (Å²) in [7, 11) is 0. The zero-order chi connectivity index (χ0) is 28.1. The summed E-state index contributed by atoms with van der Waals surface area (Å²) in [5, 5.41) is 16.2. The molecule has 13 rings (SSSR count). The molecule has 0 N–H and O–H groups in total. The number of hydrogen-bond donors (Lipinski definition) is 0. The molecule has 1 spiro atoms. The maximum absolute atomic E-state index is 6.92. The number of benzene rings is 5. The van der Waals surface area contributed by atoms with E-state index in [-0.39, 0.29) is 0 Å². The van der Waals surface area contributed by atoms with E-state index in [1.807, 2.05) is 12.4 Å². The van der Waals surface area contributed by atoms with Gasteiger partial charge in [0.25, 0.3) is 0 Å². The van der Waals surface area contributed by atoms with E-state index < -0.39 is 5.66 Å². The number of nitrogens with zero attached hydrogens (tertiary/aromatic N) is 6. The summed E-state index contributed by atoms with van der Waals surface area (Å²) >= 11 is 0. The molecule has 1 unspecified atom stereocenters. The summed E-state index contributed by atoms with van der Waals surface area (Å²) < 4.78 is 16.9. The lowest BCUT2D eigenvalue weighted by Crippen LogP contribution is -2.71. The van der Waals surface area contributed by atoms with Crippen LogP contribution in [-0.2, 0) is 5.66 Å². The van der Waals surface area contributed by atoms with E-state index >= 15 is 0 Å². The number of fused-ring (bicyclic) bond motifs is 12. The lowest BCUT2D eigenvalue weighted by Gasteiger charge is -2.30. The van der Waals surface area contributed by atoms with Crippen molar-refractivity contribution >= 4 is 76.7 Å². The molecule has 0 radical (unpaired) electrons. The van der Waals surface area contributed by atoms with Crippen molar-refractivity contribution in [3.8, 4) is 11.5 Å². The van der Waals surface area contributed by atoms with E-state index in [1.165, 1.54) is 65.6 Å². The van der Waals surface area contributed by atoms with Crippen LogP contribution >= 0.6 is 0 Å². The van der Waals surface area contributed by atoms with Crippen molar-refractivity contribution in [3.05, 3.63) is 121 Å². The summed E-state index contributed by atoms with van der Waals surface area (Å²) in [5.41, 5.74) is 10.8. The van der Waals surface area contributed by atoms with Gasteiger partial charge in [0.2, 0.25) is 11.0 Å². The number of ether oxygens (including phenoxy) is 1. The highest BCUT2D eigenvalue weighted by atomic mass is 16.5. The van der Waals surface area contributed by atoms with Gasteiger partial charge in [-0.3, -0.25) is 0 Å². The van der Waals surface area contributed by atoms with Crippen molar-refractivity contribution < 1.29 is 13.9 Å². The van der Waals surface area contributed by atoms with Crippen molar-refractivity contribution in [2.45, 2.75) is 5.66 Å². The Labute approximate surface area is 247 Å². The number of rotatable bonds is 0. The summed E-state index contributed by atoms with van der Waals surface area (Å²) in [6, 6.07) is 35.2. The Balaban J connectivity index is 1.45. The summed E-state index contributed by atoms with van der Waals surface area (Å²) in [6.07, 6.45) is 3.85. The van der Waals surface area contributed by atoms with Gasteiger partial charge >= 0.3 is 17.0 Å². The molecule has 0 amide bonds. The maximum atomic E-state index is 6.92. The average Bonchev–Trinajstić information content (AvgIpc) is 3.79. The largest absolute Gasteiger partial charge is 0.456 e. The fourth-order valence-corrected chi connectivity index (χ4v) is 9.27. The molecule has 5 aromatic heterocycles. The van der Waals surface area contributed by atoms with Crippen LogP contribution in [0.3, 0.4) is 0 Å². The molecular weight excluding hydrogens is 544 g/mol. The van der Waals surface area contributed by atoms with Gasteiger partial charge in [-0.25, -0.2) is 0 Å². The van der Waals surface area contributed by atoms with Crippen molar-refractivity contribution in [1.29, 1.82) is 0 Å². The smallest absolute Gasteiger partial charge is 0.316 e. The van der Waals surface area contributed by atoms with E-state index in [1.54, 1.807) is 0 Å². The van der Waals surface area contributed by atoms with Crippen LogP contribution in [0.5, 0.6) is 11.5 Å². The van der Waals surface area contributed by atoms with Gasteiger partial charge in [0.15, 0.2) is 11.0 Å². The molecule has 3 aliphatic heterocycles. The second-order valence-corrected chi connectivity index (χ2v) is 12.3. The van der Waals surface area contributed by atoms with Gasteiger partial charge in [-0.2, -0.15) is 28.1 Å². The Bertz CT molecular complexity index is 2890. The molecular formula is C37H18N6O+2. The average molecular weight is 563 g/mol. The summed E-state index contributed by atoms with van der Waals surface area (Å²) in [6.45, 7) is 0. The normalized spacial score (nSPS) is 17.4. The second kappa shape index (κ2) is 6.31. The third kappa shape index (κ3) is 1.80. The predicted molar refractivity (Wildman–Crippen MR) is 167 cm³/mol. The fourth-order valence-electron chi connectivity index (χ4n) is 9.27. The third-order valence-corrected chi connectivity index (χ3v) is 10.6. The monoisotopic (exact) mass is 562 g/mol. The molecule has 0 aliphatic carbocycles. The minimum atomic E-state index is -0.730. The summed E-state index contributed by atoms with van der Waals surface area (Å²) in [5.74, 6) is 1.79. The van der Waals surface area contributed by atoms with Crippen LogP contribution in [0.4, 0.5) is 0 Å². The Kier molecular flexibility index (Phi) is 2.97. The van der Waals surface area contributed by atoms with Gasteiger partial charge < -0.3 is 4.74 Å². The van der Waals surface area contributed by atoms with E-state index in [0.717, 1.165) is 33.7 Å². The Morgan fingerprint density at radius 1 is 0.500 bits per heavy atom. The van der Waals surface area contributed by atoms with Crippen LogP contribution in [0.15, 0.2) is 109 Å². The van der Waals surface area contributed by atoms with E-state index in [9.17, 15) is 0 Å². The van der Waals surface area contributed by atoms with E-state index in [2.05, 4.69) is 125 Å². The lowest BCUT2D eigenvalue weighted by molar-refractivity contribution is -0.923. The number of pyridine rings is 2. The standard InChI is InChI=1S/C37H18N6O/c1-3-9-23-19(7-1)21-13-15-29-33-31(21)35-40(23)25-11-5-6-12-26(25)42(35)37(33)34-30(44-29)16-14-22-20-8-2-4-10-24(20)41-27-17-38-39-18-28(27)43(37)36(41)32(22)34/h1-18H/q+2. The Hall–Kier alpha value is -6.08. The molecule has 7 nitrogen and oxygen atoms in total.